The van der Waals surface area contributed by atoms with Gasteiger partial charge in [-0.05, 0) is 29.8 Å². The molecule has 35 heavy (non-hydrogen) atoms. The summed E-state index contributed by atoms with van der Waals surface area (Å²) in [6.07, 6.45) is 4.64. The highest BCUT2D eigenvalue weighted by Gasteiger charge is 2.20. The Morgan fingerprint density at radius 3 is 2.57 bits per heavy atom. The Balaban J connectivity index is 1.33. The van der Waals surface area contributed by atoms with Crippen LogP contribution in [-0.4, -0.2) is 30.6 Å². The van der Waals surface area contributed by atoms with Gasteiger partial charge in [-0.25, -0.2) is 9.37 Å². The molecule has 0 saturated heterocycles. The summed E-state index contributed by atoms with van der Waals surface area (Å²) in [7, 11) is 0. The van der Waals surface area contributed by atoms with E-state index in [1.165, 1.54) is 24.1 Å². The van der Waals surface area contributed by atoms with E-state index in [1.807, 2.05) is 42.5 Å². The SMILES string of the molecule is O=C(NCc1ccncc1)c1coc(CSc2nnc(-c3ccccc3)n2-c2ccccc2F)n1. The molecule has 3 heterocycles. The number of para-hydroxylation sites is 1. The van der Waals surface area contributed by atoms with Crippen molar-refractivity contribution in [2.45, 2.75) is 17.5 Å². The predicted molar refractivity (Wildman–Crippen MR) is 128 cm³/mol. The Morgan fingerprint density at radius 1 is 1.00 bits per heavy atom. The maximum Gasteiger partial charge on any atom is 0.273 e. The van der Waals surface area contributed by atoms with E-state index in [0.29, 0.717) is 29.1 Å². The van der Waals surface area contributed by atoms with Gasteiger partial charge in [-0.2, -0.15) is 0 Å². The molecule has 0 unspecified atom stereocenters. The molecule has 0 atom stereocenters. The molecule has 0 saturated carbocycles. The third-order valence-electron chi connectivity index (χ3n) is 5.07. The molecule has 0 fully saturated rings. The fourth-order valence-corrected chi connectivity index (χ4v) is 4.17. The van der Waals surface area contributed by atoms with Crippen molar-refractivity contribution < 1.29 is 13.6 Å². The Bertz CT molecular complexity index is 1440. The Hall–Kier alpha value is -4.31. The number of aromatic nitrogens is 5. The largest absolute Gasteiger partial charge is 0.447 e. The van der Waals surface area contributed by atoms with Gasteiger partial charge in [-0.1, -0.05) is 54.2 Å². The average Bonchev–Trinajstić information content (AvgIpc) is 3.55. The van der Waals surface area contributed by atoms with Gasteiger partial charge < -0.3 is 9.73 Å². The van der Waals surface area contributed by atoms with Gasteiger partial charge in [0.25, 0.3) is 5.91 Å². The van der Waals surface area contributed by atoms with Gasteiger partial charge >= 0.3 is 0 Å². The normalized spacial score (nSPS) is 10.9. The van der Waals surface area contributed by atoms with Crippen molar-refractivity contribution in [1.82, 2.24) is 30.0 Å². The van der Waals surface area contributed by atoms with Crippen LogP contribution in [0.25, 0.3) is 17.1 Å². The second kappa shape index (κ2) is 10.3. The molecule has 174 valence electrons. The molecule has 0 radical (unpaired) electrons. The number of benzene rings is 2. The van der Waals surface area contributed by atoms with Gasteiger partial charge in [0.05, 0.1) is 11.4 Å². The van der Waals surface area contributed by atoms with Crippen LogP contribution in [0, 0.1) is 5.82 Å². The summed E-state index contributed by atoms with van der Waals surface area (Å²) in [6.45, 7) is 0.353. The van der Waals surface area contributed by atoms with Gasteiger partial charge in [0, 0.05) is 24.5 Å². The minimum atomic E-state index is -0.393. The number of hydrogen-bond acceptors (Lipinski definition) is 7. The fraction of sp³-hybridized carbons (Fsp3) is 0.0800. The Kier molecular flexibility index (Phi) is 6.62. The van der Waals surface area contributed by atoms with Crippen LogP contribution < -0.4 is 5.32 Å². The number of halogens is 1. The zero-order valence-corrected chi connectivity index (χ0v) is 19.2. The van der Waals surface area contributed by atoms with E-state index in [0.717, 1.165) is 11.1 Å². The van der Waals surface area contributed by atoms with Gasteiger partial charge in [-0.3, -0.25) is 14.3 Å². The molecule has 0 bridgehead atoms. The van der Waals surface area contributed by atoms with Crippen molar-refractivity contribution >= 4 is 17.7 Å². The molecule has 2 aromatic carbocycles. The summed E-state index contributed by atoms with van der Waals surface area (Å²) in [4.78, 5) is 20.7. The summed E-state index contributed by atoms with van der Waals surface area (Å²) < 4.78 is 21.9. The quantitative estimate of drug-likeness (QED) is 0.318. The first-order chi connectivity index (χ1) is 17.2. The molecule has 8 nitrogen and oxygen atoms in total. The molecule has 0 aliphatic carbocycles. The van der Waals surface area contributed by atoms with Gasteiger partial charge in [0.15, 0.2) is 16.7 Å². The fourth-order valence-electron chi connectivity index (χ4n) is 3.37. The molecule has 5 rings (SSSR count). The monoisotopic (exact) mass is 486 g/mol. The van der Waals surface area contributed by atoms with Crippen molar-refractivity contribution in [1.29, 1.82) is 0 Å². The number of oxazole rings is 1. The van der Waals surface area contributed by atoms with E-state index >= 15 is 0 Å². The van der Waals surface area contributed by atoms with Gasteiger partial charge in [-0.15, -0.1) is 10.2 Å². The van der Waals surface area contributed by atoms with E-state index in [9.17, 15) is 9.18 Å². The minimum Gasteiger partial charge on any atom is -0.447 e. The maximum atomic E-state index is 14.7. The lowest BCUT2D eigenvalue weighted by Gasteiger charge is -2.10. The van der Waals surface area contributed by atoms with Crippen LogP contribution >= 0.6 is 11.8 Å². The molecule has 5 aromatic rings. The molecular formula is C25H19FN6O2S. The number of hydrogen-bond donors (Lipinski definition) is 1. The number of carbonyl (C=O) groups is 1. The summed E-state index contributed by atoms with van der Waals surface area (Å²) in [5, 5.41) is 11.9. The van der Waals surface area contributed by atoms with Crippen molar-refractivity contribution in [3.63, 3.8) is 0 Å². The molecular weight excluding hydrogens is 467 g/mol. The zero-order chi connectivity index (χ0) is 24.0. The molecule has 1 N–H and O–H groups in total. The second-order valence-electron chi connectivity index (χ2n) is 7.41. The Morgan fingerprint density at radius 2 is 1.77 bits per heavy atom. The van der Waals surface area contributed by atoms with E-state index < -0.39 is 5.82 Å². The van der Waals surface area contributed by atoms with Crippen LogP contribution in [0.5, 0.6) is 0 Å². The van der Waals surface area contributed by atoms with Crippen LogP contribution in [0.2, 0.25) is 0 Å². The van der Waals surface area contributed by atoms with E-state index in [4.69, 9.17) is 4.42 Å². The lowest BCUT2D eigenvalue weighted by atomic mass is 10.2. The van der Waals surface area contributed by atoms with Crippen LogP contribution in [0.1, 0.15) is 21.9 Å². The lowest BCUT2D eigenvalue weighted by Crippen LogP contribution is -2.23. The molecule has 1 amide bonds. The second-order valence-corrected chi connectivity index (χ2v) is 8.35. The Labute approximate surface area is 204 Å². The first-order valence-electron chi connectivity index (χ1n) is 10.7. The van der Waals surface area contributed by atoms with E-state index in [1.54, 1.807) is 35.2 Å². The number of thioether (sulfide) groups is 1. The molecule has 0 aliphatic rings. The highest BCUT2D eigenvalue weighted by Crippen LogP contribution is 2.30. The summed E-state index contributed by atoms with van der Waals surface area (Å²) in [5.41, 5.74) is 2.24. The summed E-state index contributed by atoms with van der Waals surface area (Å²) in [6, 6.07) is 19.5. The maximum absolute atomic E-state index is 14.7. The first-order valence-corrected chi connectivity index (χ1v) is 11.7. The smallest absolute Gasteiger partial charge is 0.273 e. The predicted octanol–water partition coefficient (Wildman–Crippen LogP) is 4.68. The molecule has 3 aromatic heterocycles. The highest BCUT2D eigenvalue weighted by atomic mass is 32.2. The summed E-state index contributed by atoms with van der Waals surface area (Å²) in [5.74, 6) is 0.396. The van der Waals surface area contributed by atoms with Crippen molar-refractivity contribution in [2.75, 3.05) is 0 Å². The molecule has 0 aliphatic heterocycles. The number of nitrogens with zero attached hydrogens (tertiary/aromatic N) is 5. The number of pyridine rings is 1. The van der Waals surface area contributed by atoms with Crippen molar-refractivity contribution in [3.8, 4) is 17.1 Å². The number of amides is 1. The first kappa shape index (κ1) is 22.5. The van der Waals surface area contributed by atoms with E-state index in [2.05, 4.69) is 25.5 Å². The minimum absolute atomic E-state index is 0.176. The zero-order valence-electron chi connectivity index (χ0n) is 18.3. The average molecular weight is 487 g/mol. The van der Waals surface area contributed by atoms with Crippen molar-refractivity contribution in [3.05, 3.63) is 108 Å². The molecule has 10 heteroatoms. The van der Waals surface area contributed by atoms with E-state index in [-0.39, 0.29) is 17.4 Å². The number of nitrogens with one attached hydrogen (secondary N) is 1. The van der Waals surface area contributed by atoms with Crippen LogP contribution in [0.15, 0.2) is 95.0 Å². The van der Waals surface area contributed by atoms with Crippen LogP contribution in [-0.2, 0) is 12.3 Å². The van der Waals surface area contributed by atoms with Crippen molar-refractivity contribution in [2.24, 2.45) is 0 Å². The highest BCUT2D eigenvalue weighted by molar-refractivity contribution is 7.98. The van der Waals surface area contributed by atoms with Gasteiger partial charge in [0.1, 0.15) is 12.1 Å². The third-order valence-corrected chi connectivity index (χ3v) is 5.98. The summed E-state index contributed by atoms with van der Waals surface area (Å²) >= 11 is 1.28. The topological polar surface area (TPSA) is 98.7 Å². The van der Waals surface area contributed by atoms with Crippen LogP contribution in [0.4, 0.5) is 4.39 Å². The standard InChI is InChI=1S/C25H19FN6O2S/c26-19-8-4-5-9-21(19)32-23(18-6-2-1-3-7-18)30-31-25(32)35-16-22-29-20(15-34-22)24(33)28-14-17-10-12-27-13-11-17/h1-13,15H,14,16H2,(H,28,33). The van der Waals surface area contributed by atoms with Gasteiger partial charge in [0.2, 0.25) is 5.89 Å². The molecule has 0 spiro atoms. The van der Waals surface area contributed by atoms with Crippen LogP contribution in [0.3, 0.4) is 0 Å². The number of rotatable bonds is 8. The lowest BCUT2D eigenvalue weighted by molar-refractivity contribution is 0.0946. The third kappa shape index (κ3) is 5.12. The number of carbonyl (C=O) groups excluding carboxylic acids is 1.